The highest BCUT2D eigenvalue weighted by atomic mass is 16.7. The third kappa shape index (κ3) is 2.74. The van der Waals surface area contributed by atoms with Gasteiger partial charge in [-0.1, -0.05) is 11.2 Å². The van der Waals surface area contributed by atoms with Crippen molar-refractivity contribution in [1.29, 1.82) is 0 Å². The van der Waals surface area contributed by atoms with Gasteiger partial charge >= 0.3 is 0 Å². The van der Waals surface area contributed by atoms with Crippen LogP contribution < -0.4 is 9.47 Å². The van der Waals surface area contributed by atoms with E-state index in [-0.39, 0.29) is 19.1 Å². The standard InChI is InChI=1S/C16H17N3O4/c1-10-17-15(18-23-10)7-16(20)19-5-4-12(8-19)11-2-3-13-14(6-11)22-9-21-13/h2-3,6,12H,4-5,7-9H2,1H3. The van der Waals surface area contributed by atoms with E-state index < -0.39 is 0 Å². The van der Waals surface area contributed by atoms with Gasteiger partial charge in [0.2, 0.25) is 18.6 Å². The lowest BCUT2D eigenvalue weighted by Crippen LogP contribution is -2.30. The van der Waals surface area contributed by atoms with Crippen molar-refractivity contribution in [2.24, 2.45) is 0 Å². The number of aromatic nitrogens is 2. The third-order valence-electron chi connectivity index (χ3n) is 4.29. The fourth-order valence-corrected chi connectivity index (χ4v) is 3.09. The molecule has 2 aliphatic rings. The maximum Gasteiger partial charge on any atom is 0.231 e. The van der Waals surface area contributed by atoms with Gasteiger partial charge in [0.1, 0.15) is 0 Å². The molecule has 1 unspecified atom stereocenters. The molecule has 7 nitrogen and oxygen atoms in total. The largest absolute Gasteiger partial charge is 0.454 e. The van der Waals surface area contributed by atoms with E-state index in [9.17, 15) is 4.79 Å². The maximum absolute atomic E-state index is 12.3. The number of ether oxygens (including phenoxy) is 2. The van der Waals surface area contributed by atoms with Crippen molar-refractivity contribution in [2.75, 3.05) is 19.9 Å². The average molecular weight is 315 g/mol. The number of aryl methyl sites for hydroxylation is 1. The number of hydrogen-bond acceptors (Lipinski definition) is 6. The molecule has 3 heterocycles. The number of carbonyl (C=O) groups excluding carboxylic acids is 1. The van der Waals surface area contributed by atoms with Gasteiger partial charge in [0, 0.05) is 25.9 Å². The molecule has 4 rings (SSSR count). The van der Waals surface area contributed by atoms with Crippen molar-refractivity contribution < 1.29 is 18.8 Å². The highest BCUT2D eigenvalue weighted by Gasteiger charge is 2.29. The number of benzene rings is 1. The molecule has 1 fully saturated rings. The van der Waals surface area contributed by atoms with E-state index >= 15 is 0 Å². The average Bonchev–Trinajstić information content (AvgIpc) is 3.26. The molecular formula is C16H17N3O4. The van der Waals surface area contributed by atoms with Gasteiger partial charge in [0.25, 0.3) is 0 Å². The van der Waals surface area contributed by atoms with Gasteiger partial charge in [0.05, 0.1) is 6.42 Å². The first-order valence-electron chi connectivity index (χ1n) is 7.65. The number of amides is 1. The molecule has 7 heteroatoms. The Labute approximate surface area is 133 Å². The second-order valence-electron chi connectivity index (χ2n) is 5.84. The normalized spacial score (nSPS) is 19.3. The smallest absolute Gasteiger partial charge is 0.231 e. The molecule has 120 valence electrons. The van der Waals surface area contributed by atoms with Crippen molar-refractivity contribution in [1.82, 2.24) is 15.0 Å². The summed E-state index contributed by atoms with van der Waals surface area (Å²) >= 11 is 0. The summed E-state index contributed by atoms with van der Waals surface area (Å²) in [5.74, 6) is 2.85. The number of fused-ring (bicyclic) bond motifs is 1. The quantitative estimate of drug-likeness (QED) is 0.857. The van der Waals surface area contributed by atoms with Gasteiger partial charge in [0.15, 0.2) is 17.3 Å². The minimum atomic E-state index is 0.0362. The fourth-order valence-electron chi connectivity index (χ4n) is 3.09. The SMILES string of the molecule is Cc1nc(CC(=O)N2CCC(c3ccc4c(c3)OCO4)C2)no1. The van der Waals surface area contributed by atoms with E-state index in [2.05, 4.69) is 16.2 Å². The van der Waals surface area contributed by atoms with Crippen LogP contribution in [0, 0.1) is 6.92 Å². The Balaban J connectivity index is 1.41. The Morgan fingerprint density at radius 3 is 3.04 bits per heavy atom. The summed E-state index contributed by atoms with van der Waals surface area (Å²) in [6, 6.07) is 6.00. The number of likely N-dealkylation sites (tertiary alicyclic amines) is 1. The minimum Gasteiger partial charge on any atom is -0.454 e. The first-order chi connectivity index (χ1) is 11.2. The molecule has 2 aliphatic heterocycles. The first-order valence-corrected chi connectivity index (χ1v) is 7.65. The summed E-state index contributed by atoms with van der Waals surface area (Å²) in [7, 11) is 0. The van der Waals surface area contributed by atoms with Crippen molar-refractivity contribution in [3.63, 3.8) is 0 Å². The number of carbonyl (C=O) groups is 1. The molecule has 0 saturated carbocycles. The molecule has 1 aromatic heterocycles. The van der Waals surface area contributed by atoms with Crippen LogP contribution in [0.4, 0.5) is 0 Å². The monoisotopic (exact) mass is 315 g/mol. The molecule has 2 aromatic rings. The van der Waals surface area contributed by atoms with Gasteiger partial charge in [-0.3, -0.25) is 4.79 Å². The minimum absolute atomic E-state index is 0.0362. The van der Waals surface area contributed by atoms with Crippen LogP contribution in [-0.4, -0.2) is 40.8 Å². The zero-order valence-corrected chi connectivity index (χ0v) is 12.8. The summed E-state index contributed by atoms with van der Waals surface area (Å²) in [6.07, 6.45) is 1.13. The van der Waals surface area contributed by atoms with Crippen molar-refractivity contribution in [2.45, 2.75) is 25.7 Å². The predicted molar refractivity (Wildman–Crippen MR) is 79.2 cm³/mol. The molecule has 23 heavy (non-hydrogen) atoms. The lowest BCUT2D eigenvalue weighted by molar-refractivity contribution is -0.129. The topological polar surface area (TPSA) is 77.7 Å². The molecule has 1 saturated heterocycles. The summed E-state index contributed by atoms with van der Waals surface area (Å²) < 4.78 is 15.7. The second-order valence-corrected chi connectivity index (χ2v) is 5.84. The molecule has 0 N–H and O–H groups in total. The third-order valence-corrected chi connectivity index (χ3v) is 4.29. The Bertz CT molecular complexity index is 743. The highest BCUT2D eigenvalue weighted by molar-refractivity contribution is 5.78. The van der Waals surface area contributed by atoms with E-state index in [0.717, 1.165) is 24.5 Å². The number of nitrogens with zero attached hydrogens (tertiary/aromatic N) is 3. The van der Waals surface area contributed by atoms with E-state index in [0.29, 0.717) is 24.2 Å². The van der Waals surface area contributed by atoms with Crippen LogP contribution in [0.5, 0.6) is 11.5 Å². The zero-order valence-electron chi connectivity index (χ0n) is 12.8. The summed E-state index contributed by atoms with van der Waals surface area (Å²) in [6.45, 7) is 3.44. The number of rotatable bonds is 3. The van der Waals surface area contributed by atoms with E-state index in [1.54, 1.807) is 6.92 Å². The van der Waals surface area contributed by atoms with E-state index in [1.165, 1.54) is 5.56 Å². The van der Waals surface area contributed by atoms with Crippen molar-refractivity contribution in [3.8, 4) is 11.5 Å². The lowest BCUT2D eigenvalue weighted by atomic mass is 9.98. The molecule has 0 spiro atoms. The summed E-state index contributed by atoms with van der Waals surface area (Å²) in [4.78, 5) is 18.3. The molecule has 1 aromatic carbocycles. The Kier molecular flexibility index (Phi) is 3.40. The summed E-state index contributed by atoms with van der Waals surface area (Å²) in [5.41, 5.74) is 1.18. The molecule has 0 radical (unpaired) electrons. The molecule has 0 aliphatic carbocycles. The van der Waals surface area contributed by atoms with Gasteiger partial charge < -0.3 is 18.9 Å². The number of hydrogen-bond donors (Lipinski definition) is 0. The molecular weight excluding hydrogens is 298 g/mol. The van der Waals surface area contributed by atoms with Crippen LogP contribution in [0.2, 0.25) is 0 Å². The van der Waals surface area contributed by atoms with E-state index in [4.69, 9.17) is 14.0 Å². The van der Waals surface area contributed by atoms with Crippen LogP contribution in [0.3, 0.4) is 0 Å². The first kappa shape index (κ1) is 14.0. The van der Waals surface area contributed by atoms with Crippen LogP contribution in [0.15, 0.2) is 22.7 Å². The predicted octanol–water partition coefficient (Wildman–Crippen LogP) is 1.67. The van der Waals surface area contributed by atoms with Gasteiger partial charge in [-0.25, -0.2) is 0 Å². The van der Waals surface area contributed by atoms with E-state index in [1.807, 2.05) is 17.0 Å². The second kappa shape index (κ2) is 5.57. The van der Waals surface area contributed by atoms with Crippen molar-refractivity contribution in [3.05, 3.63) is 35.5 Å². The fraction of sp³-hybridized carbons (Fsp3) is 0.438. The summed E-state index contributed by atoms with van der Waals surface area (Å²) in [5, 5.41) is 3.78. The van der Waals surface area contributed by atoms with Crippen LogP contribution in [-0.2, 0) is 11.2 Å². The van der Waals surface area contributed by atoms with Crippen LogP contribution in [0.25, 0.3) is 0 Å². The molecule has 1 amide bonds. The Morgan fingerprint density at radius 1 is 1.35 bits per heavy atom. The zero-order chi connectivity index (χ0) is 15.8. The van der Waals surface area contributed by atoms with Gasteiger partial charge in [-0.05, 0) is 24.1 Å². The van der Waals surface area contributed by atoms with Crippen LogP contribution in [0.1, 0.15) is 29.6 Å². The van der Waals surface area contributed by atoms with Gasteiger partial charge in [-0.2, -0.15) is 4.98 Å². The maximum atomic E-state index is 12.3. The van der Waals surface area contributed by atoms with Crippen LogP contribution >= 0.6 is 0 Å². The van der Waals surface area contributed by atoms with Gasteiger partial charge in [-0.15, -0.1) is 0 Å². The van der Waals surface area contributed by atoms with Crippen molar-refractivity contribution >= 4 is 5.91 Å². The highest BCUT2D eigenvalue weighted by Crippen LogP contribution is 2.37. The lowest BCUT2D eigenvalue weighted by Gasteiger charge is -2.16. The molecule has 1 atom stereocenters. The molecule has 0 bridgehead atoms. The Morgan fingerprint density at radius 2 is 2.22 bits per heavy atom. The Hall–Kier alpha value is -2.57.